The molecule has 2 aromatic rings. The summed E-state index contributed by atoms with van der Waals surface area (Å²) in [4.78, 5) is 11.9. The lowest BCUT2D eigenvalue weighted by molar-refractivity contribution is 0.0954. The Hall–Kier alpha value is -3.42. The molecule has 2 rings (SSSR count). The average molecular weight is 332 g/mol. The van der Waals surface area contributed by atoms with Crippen molar-refractivity contribution in [2.75, 3.05) is 14.2 Å². The van der Waals surface area contributed by atoms with Gasteiger partial charge >= 0.3 is 0 Å². The second-order valence-corrected chi connectivity index (χ2v) is 4.64. The molecule has 8 heteroatoms. The third kappa shape index (κ3) is 3.49. The van der Waals surface area contributed by atoms with Crippen LogP contribution >= 0.6 is 0 Å². The summed E-state index contributed by atoms with van der Waals surface area (Å²) >= 11 is 0. The fourth-order valence-electron chi connectivity index (χ4n) is 1.97. The maximum Gasteiger partial charge on any atom is 0.271 e. The van der Waals surface area contributed by atoms with Crippen molar-refractivity contribution in [1.29, 1.82) is 0 Å². The number of para-hydroxylation sites is 1. The molecule has 126 valence electrons. The van der Waals surface area contributed by atoms with E-state index in [4.69, 9.17) is 9.47 Å². The maximum absolute atomic E-state index is 11.9. The zero-order valence-electron chi connectivity index (χ0n) is 13.0. The molecule has 2 aromatic carbocycles. The molecule has 0 aliphatic carbocycles. The van der Waals surface area contributed by atoms with Gasteiger partial charge < -0.3 is 24.8 Å². The summed E-state index contributed by atoms with van der Waals surface area (Å²) in [5.74, 6) is -1.63. The monoisotopic (exact) mass is 332 g/mol. The standard InChI is InChI=1S/C16H16N2O6/c1-23-13-5-3-4-9(15(13)24-2)8-17-18-16(22)10-6-11(19)14(21)12(20)7-10/h3-8,19-21H,1-2H3,(H,18,22). The summed E-state index contributed by atoms with van der Waals surface area (Å²) < 4.78 is 10.4. The molecule has 0 spiro atoms. The molecular formula is C16H16N2O6. The number of aromatic hydroxyl groups is 3. The number of hydrogen-bond donors (Lipinski definition) is 4. The maximum atomic E-state index is 11.9. The predicted molar refractivity (Wildman–Crippen MR) is 86.0 cm³/mol. The van der Waals surface area contributed by atoms with E-state index in [-0.39, 0.29) is 5.56 Å². The van der Waals surface area contributed by atoms with Gasteiger partial charge in [0, 0.05) is 11.1 Å². The number of nitrogens with one attached hydrogen (secondary N) is 1. The number of hydrogen-bond acceptors (Lipinski definition) is 7. The van der Waals surface area contributed by atoms with Crippen molar-refractivity contribution in [1.82, 2.24) is 5.43 Å². The summed E-state index contributed by atoms with van der Waals surface area (Å²) in [5, 5.41) is 31.9. The molecule has 0 aliphatic heterocycles. The number of phenols is 3. The Morgan fingerprint density at radius 1 is 1.12 bits per heavy atom. The van der Waals surface area contributed by atoms with Crippen molar-refractivity contribution in [3.63, 3.8) is 0 Å². The van der Waals surface area contributed by atoms with Crippen molar-refractivity contribution in [2.24, 2.45) is 5.10 Å². The van der Waals surface area contributed by atoms with Crippen molar-refractivity contribution in [2.45, 2.75) is 0 Å². The number of carbonyl (C=O) groups excluding carboxylic acids is 1. The lowest BCUT2D eigenvalue weighted by Crippen LogP contribution is -2.17. The lowest BCUT2D eigenvalue weighted by atomic mass is 10.2. The van der Waals surface area contributed by atoms with E-state index in [1.807, 2.05) is 0 Å². The molecule has 8 nitrogen and oxygen atoms in total. The molecule has 0 saturated carbocycles. The first-order valence-electron chi connectivity index (χ1n) is 6.77. The minimum Gasteiger partial charge on any atom is -0.504 e. The van der Waals surface area contributed by atoms with E-state index in [2.05, 4.69) is 10.5 Å². The highest BCUT2D eigenvalue weighted by Gasteiger charge is 2.13. The van der Waals surface area contributed by atoms with Crippen LogP contribution < -0.4 is 14.9 Å². The summed E-state index contributed by atoms with van der Waals surface area (Å²) in [6.07, 6.45) is 1.36. The van der Waals surface area contributed by atoms with Gasteiger partial charge in [-0.3, -0.25) is 4.79 Å². The van der Waals surface area contributed by atoms with Gasteiger partial charge in [0.1, 0.15) is 0 Å². The smallest absolute Gasteiger partial charge is 0.271 e. The number of amides is 1. The van der Waals surface area contributed by atoms with Crippen LogP contribution in [0.15, 0.2) is 35.4 Å². The van der Waals surface area contributed by atoms with Gasteiger partial charge in [0.2, 0.25) is 0 Å². The summed E-state index contributed by atoms with van der Waals surface area (Å²) in [6, 6.07) is 7.19. The van der Waals surface area contributed by atoms with Crippen molar-refractivity contribution >= 4 is 12.1 Å². The third-order valence-electron chi connectivity index (χ3n) is 3.14. The van der Waals surface area contributed by atoms with Crippen molar-refractivity contribution in [3.8, 4) is 28.7 Å². The summed E-state index contributed by atoms with van der Waals surface area (Å²) in [6.45, 7) is 0. The Labute approximate surface area is 137 Å². The Morgan fingerprint density at radius 3 is 2.38 bits per heavy atom. The average Bonchev–Trinajstić information content (AvgIpc) is 2.58. The largest absolute Gasteiger partial charge is 0.504 e. The number of benzene rings is 2. The van der Waals surface area contributed by atoms with Gasteiger partial charge in [0.25, 0.3) is 5.91 Å². The highest BCUT2D eigenvalue weighted by Crippen LogP contribution is 2.35. The van der Waals surface area contributed by atoms with E-state index >= 15 is 0 Å². The third-order valence-corrected chi connectivity index (χ3v) is 3.14. The predicted octanol–water partition coefficient (Wildman–Crippen LogP) is 1.58. The zero-order valence-corrected chi connectivity index (χ0v) is 13.0. The number of nitrogens with zero attached hydrogens (tertiary/aromatic N) is 1. The van der Waals surface area contributed by atoms with E-state index < -0.39 is 23.2 Å². The molecule has 0 saturated heterocycles. The molecule has 24 heavy (non-hydrogen) atoms. The number of rotatable bonds is 5. The SMILES string of the molecule is COc1cccc(C=NNC(=O)c2cc(O)c(O)c(O)c2)c1OC. The molecule has 1 amide bonds. The second-order valence-electron chi connectivity index (χ2n) is 4.64. The highest BCUT2D eigenvalue weighted by molar-refractivity contribution is 5.96. The molecule has 4 N–H and O–H groups in total. The molecule has 0 aliphatic rings. The zero-order chi connectivity index (χ0) is 17.7. The minimum absolute atomic E-state index is 0.0717. The van der Waals surface area contributed by atoms with E-state index in [9.17, 15) is 20.1 Å². The van der Waals surface area contributed by atoms with Crippen molar-refractivity contribution in [3.05, 3.63) is 41.5 Å². The normalized spacial score (nSPS) is 10.6. The number of phenolic OH excluding ortho intramolecular Hbond substituents is 3. The van der Waals surface area contributed by atoms with Crippen LogP contribution in [0.5, 0.6) is 28.7 Å². The molecule has 0 atom stereocenters. The lowest BCUT2D eigenvalue weighted by Gasteiger charge is -2.09. The van der Waals surface area contributed by atoms with Gasteiger partial charge in [-0.1, -0.05) is 6.07 Å². The molecule has 0 bridgehead atoms. The summed E-state index contributed by atoms with van der Waals surface area (Å²) in [5.41, 5.74) is 2.75. The van der Waals surface area contributed by atoms with E-state index in [0.717, 1.165) is 12.1 Å². The van der Waals surface area contributed by atoms with Crippen molar-refractivity contribution < 1.29 is 29.6 Å². The van der Waals surface area contributed by atoms with Gasteiger partial charge in [-0.25, -0.2) is 5.43 Å². The Bertz CT molecular complexity index is 765. The summed E-state index contributed by atoms with van der Waals surface area (Å²) in [7, 11) is 2.99. The Morgan fingerprint density at radius 2 is 1.79 bits per heavy atom. The van der Waals surface area contributed by atoms with Crippen LogP contribution in [0.25, 0.3) is 0 Å². The first kappa shape index (κ1) is 16.9. The quantitative estimate of drug-likeness (QED) is 0.375. The molecule has 0 unspecified atom stereocenters. The van der Waals surface area contributed by atoms with Crippen LogP contribution in [-0.4, -0.2) is 41.7 Å². The van der Waals surface area contributed by atoms with Crippen LogP contribution in [0.2, 0.25) is 0 Å². The number of carbonyl (C=O) groups is 1. The van der Waals surface area contributed by atoms with Crippen LogP contribution in [0.3, 0.4) is 0 Å². The van der Waals surface area contributed by atoms with Gasteiger partial charge in [-0.2, -0.15) is 5.10 Å². The van der Waals surface area contributed by atoms with Crippen LogP contribution in [0.4, 0.5) is 0 Å². The number of methoxy groups -OCH3 is 2. The van der Waals surface area contributed by atoms with Gasteiger partial charge in [-0.15, -0.1) is 0 Å². The van der Waals surface area contributed by atoms with Crippen LogP contribution in [-0.2, 0) is 0 Å². The Balaban J connectivity index is 2.16. The van der Waals surface area contributed by atoms with E-state index in [1.165, 1.54) is 20.4 Å². The fraction of sp³-hybridized carbons (Fsp3) is 0.125. The highest BCUT2D eigenvalue weighted by atomic mass is 16.5. The Kier molecular flexibility index (Phi) is 5.10. The molecule has 0 aromatic heterocycles. The van der Waals surface area contributed by atoms with Gasteiger partial charge in [0.15, 0.2) is 28.7 Å². The fourth-order valence-corrected chi connectivity index (χ4v) is 1.97. The van der Waals surface area contributed by atoms with E-state index in [1.54, 1.807) is 18.2 Å². The van der Waals surface area contributed by atoms with E-state index in [0.29, 0.717) is 17.1 Å². The van der Waals surface area contributed by atoms with Gasteiger partial charge in [-0.05, 0) is 24.3 Å². The molecule has 0 radical (unpaired) electrons. The molecule has 0 heterocycles. The number of ether oxygens (including phenoxy) is 2. The second kappa shape index (κ2) is 7.23. The first-order chi connectivity index (χ1) is 11.5. The molecular weight excluding hydrogens is 316 g/mol. The first-order valence-corrected chi connectivity index (χ1v) is 6.77. The number of hydrazone groups is 1. The topological polar surface area (TPSA) is 121 Å². The van der Waals surface area contributed by atoms with Crippen LogP contribution in [0, 0.1) is 0 Å². The molecule has 0 fully saturated rings. The van der Waals surface area contributed by atoms with Gasteiger partial charge in [0.05, 0.1) is 20.4 Å². The van der Waals surface area contributed by atoms with Crippen LogP contribution in [0.1, 0.15) is 15.9 Å². The minimum atomic E-state index is -0.698.